The highest BCUT2D eigenvalue weighted by Gasteiger charge is 2.28. The third-order valence-corrected chi connectivity index (χ3v) is 5.08. The van der Waals surface area contributed by atoms with Crippen LogP contribution in [-0.2, 0) is 9.53 Å². The summed E-state index contributed by atoms with van der Waals surface area (Å²) >= 11 is 0. The summed E-state index contributed by atoms with van der Waals surface area (Å²) in [5.41, 5.74) is 2.22. The number of nitrogens with one attached hydrogen (secondary N) is 1. The van der Waals surface area contributed by atoms with E-state index >= 15 is 0 Å². The molecule has 1 aliphatic rings. The van der Waals surface area contributed by atoms with E-state index in [0.717, 1.165) is 36.4 Å². The van der Waals surface area contributed by atoms with E-state index in [-0.39, 0.29) is 37.3 Å². The van der Waals surface area contributed by atoms with Gasteiger partial charge in [-0.05, 0) is 51.3 Å². The number of ketones is 1. The molecule has 0 spiro atoms. The lowest BCUT2D eigenvalue weighted by molar-refractivity contribution is -0.142. The van der Waals surface area contributed by atoms with Gasteiger partial charge in [0.15, 0.2) is 6.61 Å². The van der Waals surface area contributed by atoms with E-state index < -0.39 is 23.5 Å². The molecule has 6 nitrogen and oxygen atoms in total. The van der Waals surface area contributed by atoms with E-state index in [2.05, 4.69) is 9.88 Å². The number of ether oxygens (including phenoxy) is 1. The number of rotatable bonds is 9. The van der Waals surface area contributed by atoms with Gasteiger partial charge in [-0.15, -0.1) is 0 Å². The number of carbonyl (C=O) groups excluding carboxylic acids is 3. The molecule has 0 bridgehead atoms. The maximum atomic E-state index is 13.5. The number of amides is 1. The van der Waals surface area contributed by atoms with Crippen molar-refractivity contribution in [2.24, 2.45) is 0 Å². The normalized spacial score (nSPS) is 13.2. The van der Waals surface area contributed by atoms with Crippen molar-refractivity contribution < 1.29 is 27.9 Å². The van der Waals surface area contributed by atoms with Gasteiger partial charge in [-0.25, -0.2) is 8.78 Å². The number of benzene rings is 1. The second-order valence-corrected chi connectivity index (χ2v) is 7.45. The summed E-state index contributed by atoms with van der Waals surface area (Å²) in [4.78, 5) is 36.1. The van der Waals surface area contributed by atoms with Crippen LogP contribution in [0.1, 0.15) is 63.8 Å². The average Bonchev–Trinajstić information content (AvgIpc) is 3.47. The van der Waals surface area contributed by atoms with Crippen LogP contribution in [0, 0.1) is 25.5 Å². The molecule has 1 N–H and O–H groups in total. The fourth-order valence-electron chi connectivity index (χ4n) is 3.45. The lowest BCUT2D eigenvalue weighted by Gasteiger charge is -2.08. The van der Waals surface area contributed by atoms with Crippen LogP contribution in [0.25, 0.3) is 0 Å². The first-order valence-electron chi connectivity index (χ1n) is 9.88. The summed E-state index contributed by atoms with van der Waals surface area (Å²) in [5, 5.41) is 2.46. The highest BCUT2D eigenvalue weighted by Crippen LogP contribution is 2.38. The van der Waals surface area contributed by atoms with Crippen LogP contribution in [0.3, 0.4) is 0 Å². The molecule has 1 aliphatic carbocycles. The van der Waals surface area contributed by atoms with E-state index in [0.29, 0.717) is 17.7 Å². The van der Waals surface area contributed by atoms with Gasteiger partial charge in [0.2, 0.25) is 5.78 Å². The topological polar surface area (TPSA) is 77.4 Å². The molecular formula is C22H24F2N2O4. The van der Waals surface area contributed by atoms with Gasteiger partial charge >= 0.3 is 5.97 Å². The van der Waals surface area contributed by atoms with Gasteiger partial charge in [0.1, 0.15) is 11.6 Å². The summed E-state index contributed by atoms with van der Waals surface area (Å²) in [6, 6.07) is 4.97. The lowest BCUT2D eigenvalue weighted by Crippen LogP contribution is -2.26. The lowest BCUT2D eigenvalue weighted by atomic mass is 10.1. The predicted molar refractivity (Wildman–Crippen MR) is 105 cm³/mol. The van der Waals surface area contributed by atoms with Gasteiger partial charge in [0.05, 0.1) is 5.56 Å². The molecule has 0 atom stereocenters. The summed E-state index contributed by atoms with van der Waals surface area (Å²) in [7, 11) is 0. The van der Waals surface area contributed by atoms with E-state index in [1.165, 1.54) is 0 Å². The first-order valence-corrected chi connectivity index (χ1v) is 9.88. The number of aryl methyl sites for hydroxylation is 1. The number of aromatic nitrogens is 1. The number of Topliss-reactive ketones (excluding diaryl/α,β-unsaturated/α-hetero) is 1. The molecule has 30 heavy (non-hydrogen) atoms. The number of carbonyl (C=O) groups is 3. The molecule has 160 valence electrons. The van der Waals surface area contributed by atoms with Gasteiger partial charge in [0, 0.05) is 42.0 Å². The number of hydrogen-bond acceptors (Lipinski definition) is 4. The average molecular weight is 418 g/mol. The quantitative estimate of drug-likeness (QED) is 0.383. The minimum Gasteiger partial charge on any atom is -0.457 e. The Kier molecular flexibility index (Phi) is 6.64. The first-order chi connectivity index (χ1) is 14.3. The zero-order valence-corrected chi connectivity index (χ0v) is 17.0. The second kappa shape index (κ2) is 9.19. The predicted octanol–water partition coefficient (Wildman–Crippen LogP) is 3.65. The standard InChI is InChI=1S/C22H24F2N2O4/c1-13-10-18(14(2)26(13)16-6-7-16)20(27)12-30-21(28)4-3-9-25-22(29)17-8-5-15(23)11-19(17)24/h5,8,10-11,16H,3-4,6-7,9,12H2,1-2H3,(H,25,29). The molecule has 1 saturated carbocycles. The second-order valence-electron chi connectivity index (χ2n) is 7.45. The minimum atomic E-state index is -0.952. The Hall–Kier alpha value is -3.03. The Morgan fingerprint density at radius 3 is 2.53 bits per heavy atom. The van der Waals surface area contributed by atoms with Crippen molar-refractivity contribution in [3.8, 4) is 0 Å². The van der Waals surface area contributed by atoms with Crippen LogP contribution in [-0.4, -0.2) is 35.4 Å². The van der Waals surface area contributed by atoms with Crippen LogP contribution < -0.4 is 5.32 Å². The van der Waals surface area contributed by atoms with E-state index in [1.54, 1.807) is 0 Å². The van der Waals surface area contributed by atoms with Crippen molar-refractivity contribution in [1.29, 1.82) is 0 Å². The van der Waals surface area contributed by atoms with Gasteiger partial charge in [-0.1, -0.05) is 0 Å². The summed E-state index contributed by atoms with van der Waals surface area (Å²) < 4.78 is 33.6. The van der Waals surface area contributed by atoms with Crippen molar-refractivity contribution in [1.82, 2.24) is 9.88 Å². The van der Waals surface area contributed by atoms with Crippen LogP contribution in [0.4, 0.5) is 8.78 Å². The van der Waals surface area contributed by atoms with Gasteiger partial charge in [0.25, 0.3) is 5.91 Å². The molecule has 1 amide bonds. The highest BCUT2D eigenvalue weighted by molar-refractivity contribution is 5.99. The molecule has 0 saturated heterocycles. The Balaban J connectivity index is 1.39. The van der Waals surface area contributed by atoms with Crippen molar-refractivity contribution in [2.75, 3.05) is 13.2 Å². The van der Waals surface area contributed by atoms with Gasteiger partial charge < -0.3 is 14.6 Å². The van der Waals surface area contributed by atoms with Crippen molar-refractivity contribution >= 4 is 17.7 Å². The SMILES string of the molecule is Cc1cc(C(=O)COC(=O)CCCNC(=O)c2ccc(F)cc2F)c(C)n1C1CC1. The van der Waals surface area contributed by atoms with Crippen molar-refractivity contribution in [2.45, 2.75) is 45.6 Å². The molecular weight excluding hydrogens is 394 g/mol. The molecule has 0 radical (unpaired) electrons. The Morgan fingerprint density at radius 2 is 1.87 bits per heavy atom. The van der Waals surface area contributed by atoms with Crippen LogP contribution in [0.5, 0.6) is 0 Å². The molecule has 0 aliphatic heterocycles. The van der Waals surface area contributed by atoms with Crippen molar-refractivity contribution in [3.63, 3.8) is 0 Å². The molecule has 8 heteroatoms. The molecule has 2 aromatic rings. The highest BCUT2D eigenvalue weighted by atomic mass is 19.1. The molecule has 1 aromatic carbocycles. The Morgan fingerprint density at radius 1 is 1.13 bits per heavy atom. The molecule has 1 aromatic heterocycles. The maximum absolute atomic E-state index is 13.5. The fourth-order valence-corrected chi connectivity index (χ4v) is 3.45. The van der Waals surface area contributed by atoms with E-state index in [4.69, 9.17) is 4.74 Å². The fraction of sp³-hybridized carbons (Fsp3) is 0.409. The number of nitrogens with zero attached hydrogens (tertiary/aromatic N) is 1. The van der Waals surface area contributed by atoms with Gasteiger partial charge in [-0.3, -0.25) is 14.4 Å². The Labute approximate surface area is 173 Å². The zero-order chi connectivity index (χ0) is 21.8. The van der Waals surface area contributed by atoms with Crippen molar-refractivity contribution in [3.05, 3.63) is 58.4 Å². The van der Waals surface area contributed by atoms with Crippen LogP contribution in [0.15, 0.2) is 24.3 Å². The van der Waals surface area contributed by atoms with E-state index in [1.807, 2.05) is 19.9 Å². The number of hydrogen-bond donors (Lipinski definition) is 1. The van der Waals surface area contributed by atoms with Gasteiger partial charge in [-0.2, -0.15) is 0 Å². The van der Waals surface area contributed by atoms with Crippen LogP contribution >= 0.6 is 0 Å². The minimum absolute atomic E-state index is 0.000551. The number of halogens is 2. The number of esters is 1. The zero-order valence-electron chi connectivity index (χ0n) is 17.0. The van der Waals surface area contributed by atoms with E-state index in [9.17, 15) is 23.2 Å². The molecule has 0 unspecified atom stereocenters. The third kappa shape index (κ3) is 5.11. The van der Waals surface area contributed by atoms with Crippen LogP contribution in [0.2, 0.25) is 0 Å². The summed E-state index contributed by atoms with van der Waals surface area (Å²) in [5.74, 6) is -3.21. The first kappa shape index (κ1) is 21.7. The third-order valence-electron chi connectivity index (χ3n) is 5.08. The summed E-state index contributed by atoms with van der Waals surface area (Å²) in [6.07, 6.45) is 2.49. The molecule has 1 fully saturated rings. The molecule has 3 rings (SSSR count). The smallest absolute Gasteiger partial charge is 0.306 e. The Bertz CT molecular complexity index is 980. The summed E-state index contributed by atoms with van der Waals surface area (Å²) in [6.45, 7) is 3.63. The molecule has 1 heterocycles. The largest absolute Gasteiger partial charge is 0.457 e. The monoisotopic (exact) mass is 418 g/mol. The maximum Gasteiger partial charge on any atom is 0.306 e.